The molecule has 0 atom stereocenters. The van der Waals surface area contributed by atoms with Crippen LogP contribution in [-0.2, 0) is 0 Å². The van der Waals surface area contributed by atoms with E-state index in [2.05, 4.69) is 10.4 Å². The second-order valence-electron chi connectivity index (χ2n) is 2.33. The van der Waals surface area contributed by atoms with Crippen LogP contribution in [0.2, 0.25) is 0 Å². The summed E-state index contributed by atoms with van der Waals surface area (Å²) < 4.78 is 0. The second kappa shape index (κ2) is 3.07. The molecule has 0 aliphatic heterocycles. The highest BCUT2D eigenvalue weighted by Gasteiger charge is 2.03. The standard InChI is InChI=1S/C7H8N4O/c1-4-2-6(11-9)10-7(12)5(4)3-8/h2H,9H2,1H3,(H2,10,11,12). The fraction of sp³-hybridized carbons (Fsp3) is 0.143. The summed E-state index contributed by atoms with van der Waals surface area (Å²) in [5, 5.41) is 8.54. The molecule has 1 aromatic heterocycles. The number of hydrazine groups is 1. The lowest BCUT2D eigenvalue weighted by Crippen LogP contribution is -2.17. The number of nitrogens with zero attached hydrogens (tertiary/aromatic N) is 1. The van der Waals surface area contributed by atoms with Crippen molar-refractivity contribution in [3.8, 4) is 6.07 Å². The van der Waals surface area contributed by atoms with Crippen LogP contribution in [0.15, 0.2) is 10.9 Å². The highest BCUT2D eigenvalue weighted by Crippen LogP contribution is 2.04. The Morgan fingerprint density at radius 3 is 2.83 bits per heavy atom. The van der Waals surface area contributed by atoms with E-state index >= 15 is 0 Å². The van der Waals surface area contributed by atoms with Gasteiger partial charge in [-0.3, -0.25) is 4.79 Å². The minimum absolute atomic E-state index is 0.119. The average molecular weight is 164 g/mol. The number of nitrogen functional groups attached to an aromatic ring is 1. The van der Waals surface area contributed by atoms with E-state index in [1.54, 1.807) is 19.1 Å². The third-order valence-corrected chi connectivity index (χ3v) is 1.50. The first kappa shape index (κ1) is 8.30. The van der Waals surface area contributed by atoms with Gasteiger partial charge in [-0.1, -0.05) is 0 Å². The largest absolute Gasteiger partial charge is 0.310 e. The monoisotopic (exact) mass is 164 g/mol. The van der Waals surface area contributed by atoms with Crippen molar-refractivity contribution in [1.29, 1.82) is 5.26 Å². The van der Waals surface area contributed by atoms with Crippen LogP contribution in [-0.4, -0.2) is 4.98 Å². The van der Waals surface area contributed by atoms with Crippen LogP contribution < -0.4 is 16.8 Å². The minimum Gasteiger partial charge on any atom is -0.310 e. The third kappa shape index (κ3) is 1.28. The molecule has 1 aromatic rings. The van der Waals surface area contributed by atoms with Crippen LogP contribution in [0.1, 0.15) is 11.1 Å². The van der Waals surface area contributed by atoms with E-state index in [0.717, 1.165) is 0 Å². The lowest BCUT2D eigenvalue weighted by Gasteiger charge is -2.01. The van der Waals surface area contributed by atoms with Gasteiger partial charge in [0, 0.05) is 0 Å². The highest BCUT2D eigenvalue weighted by atomic mass is 16.1. The van der Waals surface area contributed by atoms with Crippen molar-refractivity contribution in [1.82, 2.24) is 4.98 Å². The number of nitrogens with two attached hydrogens (primary N) is 1. The molecule has 1 heterocycles. The van der Waals surface area contributed by atoms with E-state index < -0.39 is 5.56 Å². The molecule has 0 saturated heterocycles. The number of nitriles is 1. The summed E-state index contributed by atoms with van der Waals surface area (Å²) in [4.78, 5) is 13.5. The van der Waals surface area contributed by atoms with Gasteiger partial charge in [0.15, 0.2) is 0 Å². The zero-order valence-electron chi connectivity index (χ0n) is 6.51. The molecule has 0 amide bonds. The van der Waals surface area contributed by atoms with Crippen molar-refractivity contribution in [2.24, 2.45) is 5.84 Å². The van der Waals surface area contributed by atoms with Gasteiger partial charge >= 0.3 is 0 Å². The Morgan fingerprint density at radius 1 is 1.75 bits per heavy atom. The molecule has 0 fully saturated rings. The molecule has 1 rings (SSSR count). The number of hydrogen-bond acceptors (Lipinski definition) is 4. The molecule has 12 heavy (non-hydrogen) atoms. The Morgan fingerprint density at radius 2 is 2.42 bits per heavy atom. The predicted octanol–water partition coefficient (Wildman–Crippen LogP) is -0.159. The predicted molar refractivity (Wildman–Crippen MR) is 44.3 cm³/mol. The molecule has 0 bridgehead atoms. The number of aromatic amines is 1. The fourth-order valence-corrected chi connectivity index (χ4v) is 0.905. The second-order valence-corrected chi connectivity index (χ2v) is 2.33. The first-order valence-corrected chi connectivity index (χ1v) is 3.29. The quantitative estimate of drug-likeness (QED) is 0.397. The summed E-state index contributed by atoms with van der Waals surface area (Å²) in [6, 6.07) is 3.40. The first-order valence-electron chi connectivity index (χ1n) is 3.29. The van der Waals surface area contributed by atoms with Gasteiger partial charge in [-0.25, -0.2) is 5.84 Å². The SMILES string of the molecule is Cc1cc(NN)[nH]c(=O)c1C#N. The molecule has 0 radical (unpaired) electrons. The van der Waals surface area contributed by atoms with E-state index in [0.29, 0.717) is 11.4 Å². The lowest BCUT2D eigenvalue weighted by molar-refractivity contribution is 1.14. The van der Waals surface area contributed by atoms with Crippen LogP contribution in [0.25, 0.3) is 0 Å². The number of aromatic nitrogens is 1. The van der Waals surface area contributed by atoms with Crippen LogP contribution in [0.3, 0.4) is 0 Å². The molecule has 5 nitrogen and oxygen atoms in total. The number of hydrogen-bond donors (Lipinski definition) is 3. The number of nitrogens with one attached hydrogen (secondary N) is 2. The van der Waals surface area contributed by atoms with Crippen LogP contribution >= 0.6 is 0 Å². The highest BCUT2D eigenvalue weighted by molar-refractivity contribution is 5.43. The molecule has 0 unspecified atom stereocenters. The molecule has 5 heteroatoms. The zero-order valence-corrected chi connectivity index (χ0v) is 6.51. The maximum atomic E-state index is 11.1. The maximum Gasteiger partial charge on any atom is 0.267 e. The summed E-state index contributed by atoms with van der Waals surface area (Å²) in [6.45, 7) is 1.68. The lowest BCUT2D eigenvalue weighted by atomic mass is 10.2. The van der Waals surface area contributed by atoms with E-state index in [1.807, 2.05) is 0 Å². The van der Waals surface area contributed by atoms with Crippen molar-refractivity contribution < 1.29 is 0 Å². The van der Waals surface area contributed by atoms with Crippen molar-refractivity contribution >= 4 is 5.82 Å². The van der Waals surface area contributed by atoms with Gasteiger partial charge in [0.25, 0.3) is 5.56 Å². The number of aryl methyl sites for hydroxylation is 1. The number of pyridine rings is 1. The molecule has 0 saturated carbocycles. The summed E-state index contributed by atoms with van der Waals surface area (Å²) in [5.74, 6) is 5.48. The van der Waals surface area contributed by atoms with Crippen molar-refractivity contribution in [2.45, 2.75) is 6.92 Å². The minimum atomic E-state index is -0.426. The van der Waals surface area contributed by atoms with Crippen LogP contribution in [0, 0.1) is 18.3 Å². The Bertz CT molecular complexity index is 387. The maximum absolute atomic E-state index is 11.1. The molecule has 0 spiro atoms. The molecule has 0 aromatic carbocycles. The Balaban J connectivity index is 3.41. The normalized spacial score (nSPS) is 9.08. The first-order chi connectivity index (χ1) is 5.69. The van der Waals surface area contributed by atoms with Gasteiger partial charge in [-0.2, -0.15) is 5.26 Å². The zero-order chi connectivity index (χ0) is 9.14. The average Bonchev–Trinajstić information content (AvgIpc) is 2.03. The molecular weight excluding hydrogens is 156 g/mol. The smallest absolute Gasteiger partial charge is 0.267 e. The van der Waals surface area contributed by atoms with Gasteiger partial charge in [0.2, 0.25) is 0 Å². The van der Waals surface area contributed by atoms with Crippen molar-refractivity contribution in [3.05, 3.63) is 27.5 Å². The van der Waals surface area contributed by atoms with Gasteiger partial charge < -0.3 is 10.4 Å². The molecular formula is C7H8N4O. The van der Waals surface area contributed by atoms with Crippen LogP contribution in [0.5, 0.6) is 0 Å². The Labute approximate surface area is 68.8 Å². The van der Waals surface area contributed by atoms with Crippen LogP contribution in [0.4, 0.5) is 5.82 Å². The molecule has 62 valence electrons. The topological polar surface area (TPSA) is 94.7 Å². The van der Waals surface area contributed by atoms with E-state index in [-0.39, 0.29) is 5.56 Å². The fourth-order valence-electron chi connectivity index (χ4n) is 0.905. The summed E-state index contributed by atoms with van der Waals surface area (Å²) >= 11 is 0. The number of H-pyrrole nitrogens is 1. The summed E-state index contributed by atoms with van der Waals surface area (Å²) in [7, 11) is 0. The third-order valence-electron chi connectivity index (χ3n) is 1.50. The van der Waals surface area contributed by atoms with Gasteiger partial charge in [-0.05, 0) is 18.6 Å². The summed E-state index contributed by atoms with van der Waals surface area (Å²) in [6.07, 6.45) is 0. The van der Waals surface area contributed by atoms with E-state index in [9.17, 15) is 4.79 Å². The van der Waals surface area contributed by atoms with Gasteiger partial charge in [0.1, 0.15) is 17.5 Å². The van der Waals surface area contributed by atoms with Gasteiger partial charge in [-0.15, -0.1) is 0 Å². The number of rotatable bonds is 1. The molecule has 0 aliphatic rings. The van der Waals surface area contributed by atoms with Crippen molar-refractivity contribution in [2.75, 3.05) is 5.43 Å². The Hall–Kier alpha value is -1.80. The Kier molecular flexibility index (Phi) is 2.12. The molecule has 0 aliphatic carbocycles. The summed E-state index contributed by atoms with van der Waals surface area (Å²) in [5.41, 5.74) is 2.59. The van der Waals surface area contributed by atoms with Gasteiger partial charge in [0.05, 0.1) is 0 Å². The molecule has 4 N–H and O–H groups in total. The van der Waals surface area contributed by atoms with E-state index in [1.165, 1.54) is 0 Å². The number of anilines is 1. The van der Waals surface area contributed by atoms with Crippen molar-refractivity contribution in [3.63, 3.8) is 0 Å². The van der Waals surface area contributed by atoms with E-state index in [4.69, 9.17) is 11.1 Å².